The second-order valence-electron chi connectivity index (χ2n) is 8.82. The molecule has 0 aliphatic carbocycles. The molecule has 1 heterocycles. The fraction of sp³-hybridized carbons (Fsp3) is 0.435. The number of alkyl halides is 3. The van der Waals surface area contributed by atoms with Crippen LogP contribution in [-0.4, -0.2) is 35.8 Å². The van der Waals surface area contributed by atoms with Crippen LogP contribution in [-0.2, 0) is 10.9 Å². The van der Waals surface area contributed by atoms with E-state index in [9.17, 15) is 18.0 Å². The molecule has 33 heavy (non-hydrogen) atoms. The highest BCUT2D eigenvalue weighted by molar-refractivity contribution is 7.81. The fourth-order valence-electron chi connectivity index (χ4n) is 3.61. The summed E-state index contributed by atoms with van der Waals surface area (Å²) < 4.78 is 54.7. The summed E-state index contributed by atoms with van der Waals surface area (Å²) in [6.45, 7) is 6.39. The minimum atomic E-state index is -4.60. The van der Waals surface area contributed by atoms with E-state index in [1.807, 2.05) is 20.8 Å². The molecule has 0 spiro atoms. The van der Waals surface area contributed by atoms with Crippen molar-refractivity contribution in [1.29, 1.82) is 0 Å². The predicted octanol–water partition coefficient (Wildman–Crippen LogP) is 7.06. The van der Waals surface area contributed by atoms with Gasteiger partial charge in [0.2, 0.25) is 0 Å². The number of halogens is 4. The van der Waals surface area contributed by atoms with Crippen LogP contribution in [0.15, 0.2) is 36.4 Å². The fourth-order valence-corrected chi connectivity index (χ4v) is 4.07. The Bertz CT molecular complexity index is 994. The van der Waals surface area contributed by atoms with Crippen molar-refractivity contribution in [2.75, 3.05) is 17.8 Å². The van der Waals surface area contributed by atoms with Crippen LogP contribution in [0.3, 0.4) is 0 Å². The van der Waals surface area contributed by atoms with Gasteiger partial charge in [-0.25, -0.2) is 4.79 Å². The van der Waals surface area contributed by atoms with E-state index in [1.54, 1.807) is 17.0 Å². The number of thiol groups is 1. The van der Waals surface area contributed by atoms with Crippen LogP contribution in [0.2, 0.25) is 5.02 Å². The zero-order chi connectivity index (χ0) is 24.4. The molecule has 0 radical (unpaired) electrons. The normalized spacial score (nSPS) is 17.0. The van der Waals surface area contributed by atoms with E-state index in [4.69, 9.17) is 21.1 Å². The van der Waals surface area contributed by atoms with Gasteiger partial charge >= 0.3 is 12.3 Å². The number of likely N-dealkylation sites (tertiary alicyclic amines) is 1. The minimum absolute atomic E-state index is 0.0460. The Labute approximate surface area is 201 Å². The van der Waals surface area contributed by atoms with Crippen molar-refractivity contribution in [2.45, 2.75) is 51.5 Å². The summed E-state index contributed by atoms with van der Waals surface area (Å²) >= 11 is 10.00. The summed E-state index contributed by atoms with van der Waals surface area (Å²) in [5, 5.41) is -0.0460. The molecule has 1 saturated heterocycles. The molecule has 0 aromatic heterocycles. The molecule has 1 amide bonds. The van der Waals surface area contributed by atoms with Gasteiger partial charge in [0.05, 0.1) is 17.1 Å². The van der Waals surface area contributed by atoms with Crippen molar-refractivity contribution >= 4 is 36.2 Å². The lowest BCUT2D eigenvalue weighted by Crippen LogP contribution is -2.46. The molecule has 1 aliphatic rings. The van der Waals surface area contributed by atoms with E-state index in [0.717, 1.165) is 18.9 Å². The van der Waals surface area contributed by atoms with Crippen molar-refractivity contribution in [2.24, 2.45) is 0 Å². The third kappa shape index (κ3) is 6.63. The van der Waals surface area contributed by atoms with E-state index >= 15 is 0 Å². The first-order chi connectivity index (χ1) is 15.4. The van der Waals surface area contributed by atoms with Crippen LogP contribution in [0.1, 0.15) is 39.2 Å². The Morgan fingerprint density at radius 2 is 1.85 bits per heavy atom. The number of rotatable bonds is 4. The van der Waals surface area contributed by atoms with Gasteiger partial charge in [-0.2, -0.15) is 13.2 Å². The highest BCUT2D eigenvalue weighted by Crippen LogP contribution is 2.43. The molecule has 1 unspecified atom stereocenters. The van der Waals surface area contributed by atoms with E-state index in [0.29, 0.717) is 24.4 Å². The van der Waals surface area contributed by atoms with E-state index < -0.39 is 17.3 Å². The topological polar surface area (TPSA) is 50.8 Å². The average Bonchev–Trinajstić information content (AvgIpc) is 2.72. The van der Waals surface area contributed by atoms with Gasteiger partial charge < -0.3 is 19.1 Å². The molecule has 10 heteroatoms. The van der Waals surface area contributed by atoms with E-state index in [1.165, 1.54) is 18.2 Å². The Balaban J connectivity index is 1.76. The lowest BCUT2D eigenvalue weighted by molar-refractivity contribution is -0.137. The smallest absolute Gasteiger partial charge is 0.417 e. The van der Waals surface area contributed by atoms with Crippen LogP contribution in [0.4, 0.5) is 23.7 Å². The van der Waals surface area contributed by atoms with E-state index in [2.05, 4.69) is 17.5 Å². The molecule has 2 aromatic carbocycles. The average molecular weight is 503 g/mol. The second kappa shape index (κ2) is 9.93. The quantitative estimate of drug-likeness (QED) is 0.439. The van der Waals surface area contributed by atoms with Crippen molar-refractivity contribution < 1.29 is 27.4 Å². The molecular formula is C23H26ClF3N2O3S. The first kappa shape index (κ1) is 25.4. The summed E-state index contributed by atoms with van der Waals surface area (Å²) in [4.78, 5) is 13.9. The minimum Gasteiger partial charge on any atom is -0.489 e. The Hall–Kier alpha value is -2.26. The van der Waals surface area contributed by atoms with Crippen LogP contribution in [0.5, 0.6) is 5.75 Å². The highest BCUT2D eigenvalue weighted by atomic mass is 35.5. The molecule has 1 N–H and O–H groups in total. The number of hydrogen-bond donors (Lipinski definition) is 2. The molecule has 1 aliphatic heterocycles. The molecule has 1 atom stereocenters. The maximum Gasteiger partial charge on any atom is 0.417 e. The predicted molar refractivity (Wildman–Crippen MR) is 126 cm³/mol. The SMILES string of the molecule is CC(C)(C)OC(=O)N1CCCC(Oc2ccc(-c3c(Cl)cc(NS)cc3C(F)(F)F)cc2)C1. The van der Waals surface area contributed by atoms with Gasteiger partial charge in [-0.15, -0.1) is 0 Å². The number of anilines is 1. The van der Waals surface area contributed by atoms with Crippen molar-refractivity contribution in [3.63, 3.8) is 0 Å². The summed E-state index contributed by atoms with van der Waals surface area (Å²) in [6, 6.07) is 8.62. The van der Waals surface area contributed by atoms with Crippen LogP contribution < -0.4 is 9.46 Å². The molecule has 2 aromatic rings. The van der Waals surface area contributed by atoms with Gasteiger partial charge in [0.25, 0.3) is 0 Å². The van der Waals surface area contributed by atoms with Crippen LogP contribution in [0, 0.1) is 0 Å². The van der Waals surface area contributed by atoms with Gasteiger partial charge in [-0.05, 0) is 63.4 Å². The number of benzene rings is 2. The van der Waals surface area contributed by atoms with Crippen molar-refractivity contribution in [1.82, 2.24) is 4.90 Å². The lowest BCUT2D eigenvalue weighted by atomic mass is 9.98. The number of hydrogen-bond acceptors (Lipinski definition) is 5. The number of carbonyl (C=O) groups is 1. The number of nitrogens with zero attached hydrogens (tertiary/aromatic N) is 1. The number of amides is 1. The zero-order valence-electron chi connectivity index (χ0n) is 18.5. The summed E-state index contributed by atoms with van der Waals surface area (Å²) in [5.41, 5.74) is -1.11. The van der Waals surface area contributed by atoms with E-state index in [-0.39, 0.29) is 28.5 Å². The summed E-state index contributed by atoms with van der Waals surface area (Å²) in [5.74, 6) is 0.494. The zero-order valence-corrected chi connectivity index (χ0v) is 20.2. The first-order valence-electron chi connectivity index (χ1n) is 10.4. The second-order valence-corrected chi connectivity index (χ2v) is 9.45. The number of piperidine rings is 1. The molecular weight excluding hydrogens is 477 g/mol. The van der Waals surface area contributed by atoms with Gasteiger partial charge in [-0.1, -0.05) is 36.5 Å². The van der Waals surface area contributed by atoms with Gasteiger partial charge in [0, 0.05) is 17.8 Å². The maximum atomic E-state index is 13.6. The van der Waals surface area contributed by atoms with Crippen molar-refractivity contribution in [3.05, 3.63) is 47.0 Å². The summed E-state index contributed by atoms with van der Waals surface area (Å²) in [6.07, 6.45) is -3.71. The molecule has 5 nitrogen and oxygen atoms in total. The summed E-state index contributed by atoms with van der Waals surface area (Å²) in [7, 11) is 0. The van der Waals surface area contributed by atoms with Gasteiger partial charge in [0.1, 0.15) is 17.5 Å². The maximum absolute atomic E-state index is 13.6. The molecule has 1 fully saturated rings. The Morgan fingerprint density at radius 3 is 2.42 bits per heavy atom. The lowest BCUT2D eigenvalue weighted by Gasteiger charge is -2.34. The van der Waals surface area contributed by atoms with Crippen LogP contribution in [0.25, 0.3) is 11.1 Å². The molecule has 0 bridgehead atoms. The van der Waals surface area contributed by atoms with Crippen molar-refractivity contribution in [3.8, 4) is 16.9 Å². The largest absolute Gasteiger partial charge is 0.489 e. The van der Waals surface area contributed by atoms with Gasteiger partial charge in [0.15, 0.2) is 0 Å². The number of carbonyl (C=O) groups excluding carboxylic acids is 1. The van der Waals surface area contributed by atoms with Gasteiger partial charge in [-0.3, -0.25) is 0 Å². The Kier molecular flexibility index (Phi) is 7.63. The first-order valence-corrected chi connectivity index (χ1v) is 11.3. The molecule has 0 saturated carbocycles. The third-order valence-corrected chi connectivity index (χ3v) is 5.56. The standard InChI is InChI=1S/C23H26ClF3N2O3S/c1-22(2,3)32-21(30)29-10-4-5-17(13-29)31-16-8-6-14(7-9-16)20-18(23(25,26)27)11-15(28-33)12-19(20)24/h6-9,11-12,17,28,33H,4-5,10,13H2,1-3H3. The molecule has 3 rings (SSSR count). The monoisotopic (exact) mass is 502 g/mol. The molecule has 180 valence electrons. The third-order valence-electron chi connectivity index (χ3n) is 5.00. The number of nitrogens with one attached hydrogen (secondary N) is 1. The van der Waals surface area contributed by atoms with Crippen LogP contribution >= 0.6 is 24.4 Å². The number of ether oxygens (including phenoxy) is 2. The highest BCUT2D eigenvalue weighted by Gasteiger charge is 2.35. The Morgan fingerprint density at radius 1 is 1.18 bits per heavy atom.